The molecule has 7 heteroatoms. The number of nitrogens with zero attached hydrogens (tertiary/aromatic N) is 4. The van der Waals surface area contributed by atoms with Crippen LogP contribution in [0.4, 0.5) is 11.6 Å². The third-order valence-corrected chi connectivity index (χ3v) is 4.09. The summed E-state index contributed by atoms with van der Waals surface area (Å²) in [6, 6.07) is 7.70. The van der Waals surface area contributed by atoms with Crippen molar-refractivity contribution in [2.75, 3.05) is 18.4 Å². The number of likely N-dealkylation sites (tertiary alicyclic amines) is 1. The van der Waals surface area contributed by atoms with E-state index in [1.54, 1.807) is 6.20 Å². The second-order valence-corrected chi connectivity index (χ2v) is 6.01. The summed E-state index contributed by atoms with van der Waals surface area (Å²) in [7, 11) is 0. The number of carbonyl (C=O) groups is 1. The predicted molar refractivity (Wildman–Crippen MR) is 91.6 cm³/mol. The number of hydrogen-bond acceptors (Lipinski definition) is 6. The molecule has 0 unspecified atom stereocenters. The molecule has 126 valence electrons. The zero-order chi connectivity index (χ0) is 16.9. The predicted octanol–water partition coefficient (Wildman–Crippen LogP) is 1.94. The molecule has 3 rings (SSSR count). The number of nitrogens with two attached hydrogens (primary N) is 1. The lowest BCUT2D eigenvalue weighted by atomic mass is 9.99. The first-order valence-electron chi connectivity index (χ1n) is 8.18. The molecule has 24 heavy (non-hydrogen) atoms. The molecule has 0 aliphatic carbocycles. The maximum Gasteiger partial charge on any atom is 0.231 e. The number of hydrogen-bond donors (Lipinski definition) is 2. The van der Waals surface area contributed by atoms with E-state index in [1.165, 1.54) is 0 Å². The van der Waals surface area contributed by atoms with Crippen LogP contribution in [0.1, 0.15) is 36.8 Å². The summed E-state index contributed by atoms with van der Waals surface area (Å²) in [5, 5.41) is 3.21. The standard InChI is InChI=1S/C17H22N6O/c1-12-20-13(14-6-3-5-9-23(14)11-15(18)24)10-17(21-12)22-16-7-2-4-8-19-16/h2,4,7-8,10,14H,3,5-6,9,11H2,1H3,(H2,18,24)(H,19,20,21,22)/t14-/m1/s1. The fourth-order valence-electron chi connectivity index (χ4n) is 3.11. The van der Waals surface area contributed by atoms with Crippen molar-refractivity contribution in [1.29, 1.82) is 0 Å². The molecular weight excluding hydrogens is 304 g/mol. The van der Waals surface area contributed by atoms with Crippen LogP contribution in [0.15, 0.2) is 30.5 Å². The summed E-state index contributed by atoms with van der Waals surface area (Å²) in [5.74, 6) is 1.83. The van der Waals surface area contributed by atoms with Crippen molar-refractivity contribution in [2.24, 2.45) is 5.73 Å². The Morgan fingerprint density at radius 3 is 2.96 bits per heavy atom. The number of carbonyl (C=O) groups excluding carboxylic acids is 1. The Balaban J connectivity index is 1.85. The van der Waals surface area contributed by atoms with Crippen molar-refractivity contribution in [3.05, 3.63) is 42.0 Å². The number of piperidine rings is 1. The van der Waals surface area contributed by atoms with Crippen LogP contribution in [0.25, 0.3) is 0 Å². The van der Waals surface area contributed by atoms with Gasteiger partial charge in [-0.05, 0) is 38.4 Å². The first-order valence-corrected chi connectivity index (χ1v) is 8.18. The van der Waals surface area contributed by atoms with Crippen molar-refractivity contribution in [2.45, 2.75) is 32.2 Å². The molecule has 2 aromatic heterocycles. The molecule has 1 atom stereocenters. The number of aryl methyl sites for hydroxylation is 1. The molecule has 1 aliphatic rings. The number of anilines is 2. The van der Waals surface area contributed by atoms with Gasteiger partial charge < -0.3 is 11.1 Å². The highest BCUT2D eigenvalue weighted by Gasteiger charge is 2.26. The average Bonchev–Trinajstić information content (AvgIpc) is 2.55. The van der Waals surface area contributed by atoms with E-state index in [1.807, 2.05) is 31.2 Å². The van der Waals surface area contributed by atoms with E-state index in [-0.39, 0.29) is 18.5 Å². The Labute approximate surface area is 141 Å². The summed E-state index contributed by atoms with van der Waals surface area (Å²) < 4.78 is 0. The minimum Gasteiger partial charge on any atom is -0.369 e. The van der Waals surface area contributed by atoms with E-state index in [9.17, 15) is 4.79 Å². The Bertz CT molecular complexity index is 705. The van der Waals surface area contributed by atoms with E-state index < -0.39 is 0 Å². The van der Waals surface area contributed by atoms with Crippen molar-refractivity contribution in [3.8, 4) is 0 Å². The van der Waals surface area contributed by atoms with Gasteiger partial charge in [0.15, 0.2) is 0 Å². The Morgan fingerprint density at radius 2 is 2.21 bits per heavy atom. The summed E-state index contributed by atoms with van der Waals surface area (Å²) in [5.41, 5.74) is 6.31. The van der Waals surface area contributed by atoms with Crippen LogP contribution in [-0.4, -0.2) is 38.8 Å². The highest BCUT2D eigenvalue weighted by atomic mass is 16.1. The Morgan fingerprint density at radius 1 is 1.33 bits per heavy atom. The van der Waals surface area contributed by atoms with Crippen LogP contribution >= 0.6 is 0 Å². The Kier molecular flexibility index (Phi) is 5.00. The van der Waals surface area contributed by atoms with E-state index in [4.69, 9.17) is 5.73 Å². The summed E-state index contributed by atoms with van der Waals surface area (Å²) >= 11 is 0. The minimum atomic E-state index is -0.306. The minimum absolute atomic E-state index is 0.0947. The molecule has 1 fully saturated rings. The third-order valence-electron chi connectivity index (χ3n) is 4.09. The molecule has 0 saturated carbocycles. The van der Waals surface area contributed by atoms with Gasteiger partial charge in [-0.3, -0.25) is 9.69 Å². The number of aromatic nitrogens is 3. The van der Waals surface area contributed by atoms with Gasteiger partial charge >= 0.3 is 0 Å². The summed E-state index contributed by atoms with van der Waals surface area (Å²) in [6.45, 7) is 2.99. The zero-order valence-corrected chi connectivity index (χ0v) is 13.8. The molecule has 0 radical (unpaired) electrons. The highest BCUT2D eigenvalue weighted by Crippen LogP contribution is 2.30. The molecule has 2 aromatic rings. The third kappa shape index (κ3) is 4.05. The van der Waals surface area contributed by atoms with Crippen molar-refractivity contribution in [3.63, 3.8) is 0 Å². The van der Waals surface area contributed by atoms with E-state index in [0.717, 1.165) is 37.3 Å². The van der Waals surface area contributed by atoms with Gasteiger partial charge in [-0.15, -0.1) is 0 Å². The van der Waals surface area contributed by atoms with Crippen molar-refractivity contribution < 1.29 is 4.79 Å². The first-order chi connectivity index (χ1) is 11.6. The van der Waals surface area contributed by atoms with Gasteiger partial charge in [-0.1, -0.05) is 12.5 Å². The van der Waals surface area contributed by atoms with Gasteiger partial charge in [0.1, 0.15) is 17.5 Å². The van der Waals surface area contributed by atoms with Crippen LogP contribution < -0.4 is 11.1 Å². The molecule has 1 saturated heterocycles. The van der Waals surface area contributed by atoms with Crippen molar-refractivity contribution >= 4 is 17.5 Å². The van der Waals surface area contributed by atoms with E-state index in [2.05, 4.69) is 25.2 Å². The van der Waals surface area contributed by atoms with E-state index in [0.29, 0.717) is 11.6 Å². The Hall–Kier alpha value is -2.54. The van der Waals surface area contributed by atoms with Gasteiger partial charge in [-0.25, -0.2) is 15.0 Å². The van der Waals surface area contributed by atoms with Gasteiger partial charge in [0.2, 0.25) is 5.91 Å². The molecule has 1 amide bonds. The molecular formula is C17H22N6O. The lowest BCUT2D eigenvalue weighted by molar-refractivity contribution is -0.120. The first kappa shape index (κ1) is 16.3. The van der Waals surface area contributed by atoms with E-state index >= 15 is 0 Å². The number of pyridine rings is 1. The smallest absolute Gasteiger partial charge is 0.231 e. The van der Waals surface area contributed by atoms with Gasteiger partial charge in [0.25, 0.3) is 0 Å². The monoisotopic (exact) mass is 326 g/mol. The quantitative estimate of drug-likeness (QED) is 0.871. The second kappa shape index (κ2) is 7.35. The maximum atomic E-state index is 11.3. The second-order valence-electron chi connectivity index (χ2n) is 6.01. The molecule has 3 heterocycles. The van der Waals surface area contributed by atoms with Crippen LogP contribution in [-0.2, 0) is 4.79 Å². The number of rotatable bonds is 5. The normalized spacial score (nSPS) is 18.3. The maximum absolute atomic E-state index is 11.3. The molecule has 0 bridgehead atoms. The SMILES string of the molecule is Cc1nc(Nc2ccccn2)cc([C@H]2CCCCN2CC(N)=O)n1. The molecule has 7 nitrogen and oxygen atoms in total. The average molecular weight is 326 g/mol. The zero-order valence-electron chi connectivity index (χ0n) is 13.8. The van der Waals surface area contributed by atoms with Gasteiger partial charge in [0, 0.05) is 12.3 Å². The van der Waals surface area contributed by atoms with Crippen molar-refractivity contribution in [1.82, 2.24) is 19.9 Å². The van der Waals surface area contributed by atoms with Gasteiger partial charge in [-0.2, -0.15) is 0 Å². The largest absolute Gasteiger partial charge is 0.369 e. The number of nitrogens with one attached hydrogen (secondary N) is 1. The fraction of sp³-hybridized carbons (Fsp3) is 0.412. The molecule has 0 spiro atoms. The molecule has 3 N–H and O–H groups in total. The fourth-order valence-corrected chi connectivity index (χ4v) is 3.11. The van der Waals surface area contributed by atoms with Crippen LogP contribution in [0.5, 0.6) is 0 Å². The van der Waals surface area contributed by atoms with Gasteiger partial charge in [0.05, 0.1) is 18.3 Å². The molecule has 1 aliphatic heterocycles. The van der Waals surface area contributed by atoms with Crippen LogP contribution in [0.3, 0.4) is 0 Å². The molecule has 0 aromatic carbocycles. The topological polar surface area (TPSA) is 97.0 Å². The van der Waals surface area contributed by atoms with Crippen LogP contribution in [0, 0.1) is 6.92 Å². The summed E-state index contributed by atoms with van der Waals surface area (Å²) in [6.07, 6.45) is 4.89. The van der Waals surface area contributed by atoms with Crippen LogP contribution in [0.2, 0.25) is 0 Å². The number of primary amides is 1. The lowest BCUT2D eigenvalue weighted by Gasteiger charge is -2.34. The lowest BCUT2D eigenvalue weighted by Crippen LogP contribution is -2.40. The number of amides is 1. The summed E-state index contributed by atoms with van der Waals surface area (Å²) in [4.78, 5) is 26.7. The highest BCUT2D eigenvalue weighted by molar-refractivity contribution is 5.76.